The van der Waals surface area contributed by atoms with E-state index in [4.69, 9.17) is 14.2 Å². The lowest BCUT2D eigenvalue weighted by atomic mass is 9.47. The summed E-state index contributed by atoms with van der Waals surface area (Å²) in [6, 6.07) is 0.320. The molecule has 4 aliphatic rings. The van der Waals surface area contributed by atoms with Gasteiger partial charge in [0, 0.05) is 13.2 Å². The average molecular weight is 684 g/mol. The Bertz CT molecular complexity index is 990. The molecule has 4 heteroatoms. The molecule has 0 spiro atoms. The Morgan fingerprint density at radius 3 is 2.29 bits per heavy atom. The highest BCUT2D eigenvalue weighted by Gasteiger charge is 2.59. The van der Waals surface area contributed by atoms with E-state index >= 15 is 0 Å². The lowest BCUT2D eigenvalue weighted by Gasteiger charge is -2.58. The molecule has 0 aromatic carbocycles. The molecule has 0 bridgehead atoms. The molecule has 3 fully saturated rings. The number of likely N-dealkylation sites (N-methyl/N-ethyl adjacent to an activating group) is 1. The second-order valence-corrected chi connectivity index (χ2v) is 18.3. The van der Waals surface area contributed by atoms with Crippen molar-refractivity contribution in [3.05, 3.63) is 23.8 Å². The van der Waals surface area contributed by atoms with Gasteiger partial charge in [-0.2, -0.15) is 0 Å². The van der Waals surface area contributed by atoms with Gasteiger partial charge in [0.1, 0.15) is 0 Å². The van der Waals surface area contributed by atoms with Crippen molar-refractivity contribution in [2.75, 3.05) is 47.1 Å². The molecule has 0 aromatic rings. The van der Waals surface area contributed by atoms with Crippen molar-refractivity contribution < 1.29 is 14.2 Å². The fourth-order valence-corrected chi connectivity index (χ4v) is 11.1. The number of allylic oxidation sites excluding steroid dienone is 2. The maximum atomic E-state index is 6.56. The zero-order valence-electron chi connectivity index (χ0n) is 33.8. The van der Waals surface area contributed by atoms with Gasteiger partial charge in [0.15, 0.2) is 0 Å². The number of rotatable bonds is 23. The second kappa shape index (κ2) is 20.5. The van der Waals surface area contributed by atoms with Gasteiger partial charge in [0.25, 0.3) is 0 Å². The summed E-state index contributed by atoms with van der Waals surface area (Å²) in [5, 5.41) is 0. The quantitative estimate of drug-likeness (QED) is 0.0792. The lowest BCUT2D eigenvalue weighted by molar-refractivity contribution is -0.0641. The van der Waals surface area contributed by atoms with Gasteiger partial charge in [-0.1, -0.05) is 110 Å². The first-order valence-electron chi connectivity index (χ1n) is 21.4. The minimum absolute atomic E-state index is 0.320. The molecule has 284 valence electrons. The summed E-state index contributed by atoms with van der Waals surface area (Å²) in [6.07, 6.45) is 31.5. The molecule has 3 saturated carbocycles. The van der Waals surface area contributed by atoms with E-state index in [9.17, 15) is 0 Å². The maximum absolute atomic E-state index is 6.56. The van der Waals surface area contributed by atoms with Crippen LogP contribution in [0.4, 0.5) is 0 Å². The third kappa shape index (κ3) is 11.4. The summed E-state index contributed by atoms with van der Waals surface area (Å²) >= 11 is 0. The van der Waals surface area contributed by atoms with Gasteiger partial charge < -0.3 is 19.1 Å². The van der Waals surface area contributed by atoms with Crippen LogP contribution in [-0.4, -0.2) is 64.2 Å². The molecule has 0 aromatic heterocycles. The Kier molecular flexibility index (Phi) is 17.2. The molecule has 0 saturated heterocycles. The van der Waals surface area contributed by atoms with Crippen molar-refractivity contribution in [1.29, 1.82) is 0 Å². The van der Waals surface area contributed by atoms with Crippen LogP contribution >= 0.6 is 0 Å². The largest absolute Gasteiger partial charge is 0.380 e. The van der Waals surface area contributed by atoms with Crippen molar-refractivity contribution in [1.82, 2.24) is 4.90 Å². The number of hydrogen-bond donors (Lipinski definition) is 0. The number of nitrogens with zero attached hydrogens (tertiary/aromatic N) is 1. The monoisotopic (exact) mass is 684 g/mol. The van der Waals surface area contributed by atoms with Gasteiger partial charge in [0.2, 0.25) is 0 Å². The molecule has 4 aliphatic carbocycles. The molecular weight excluding hydrogens is 602 g/mol. The van der Waals surface area contributed by atoms with E-state index in [-0.39, 0.29) is 0 Å². The van der Waals surface area contributed by atoms with Crippen LogP contribution in [0, 0.1) is 46.3 Å². The standard InChI is InChI=1S/C45H81NO3/c1-9-10-15-29-47-33-38(46(7)8)34-48-30-16-13-11-12-14-17-31-49-39-25-27-44(5)37(32-39)21-22-40-42-24-23-41(36(4)20-18-19-35(2)3)45(42,6)28-26-43(40)44/h10,15,21,35-36,38-43H,9,11-14,16-20,22-34H2,1-8H3/b15-10-/t36-,38+,39?,40?,41-,42+,43+,44?,45?/m1/s1. The van der Waals surface area contributed by atoms with Crippen LogP contribution in [0.15, 0.2) is 23.8 Å². The normalized spacial score (nSPS) is 32.7. The molecule has 4 rings (SSSR count). The first-order valence-corrected chi connectivity index (χ1v) is 21.4. The van der Waals surface area contributed by atoms with Crippen LogP contribution in [0.3, 0.4) is 0 Å². The van der Waals surface area contributed by atoms with E-state index in [1.54, 1.807) is 5.57 Å². The lowest BCUT2D eigenvalue weighted by Crippen LogP contribution is -2.51. The third-order valence-electron chi connectivity index (χ3n) is 14.3. The Morgan fingerprint density at radius 1 is 0.816 bits per heavy atom. The summed E-state index contributed by atoms with van der Waals surface area (Å²) in [7, 11) is 4.23. The van der Waals surface area contributed by atoms with E-state index < -0.39 is 0 Å². The third-order valence-corrected chi connectivity index (χ3v) is 14.3. The van der Waals surface area contributed by atoms with Crippen LogP contribution in [0.2, 0.25) is 0 Å². The zero-order valence-corrected chi connectivity index (χ0v) is 33.8. The fourth-order valence-electron chi connectivity index (χ4n) is 11.1. The predicted octanol–water partition coefficient (Wildman–Crippen LogP) is 11.7. The molecule has 4 nitrogen and oxygen atoms in total. The minimum atomic E-state index is 0.320. The molecule has 9 atom stereocenters. The van der Waals surface area contributed by atoms with E-state index in [0.29, 0.717) is 29.6 Å². The summed E-state index contributed by atoms with van der Waals surface area (Å²) < 4.78 is 18.4. The molecule has 0 N–H and O–H groups in total. The fraction of sp³-hybridized carbons (Fsp3) is 0.911. The number of hydrogen-bond acceptors (Lipinski definition) is 4. The molecule has 0 radical (unpaired) electrons. The molecule has 0 amide bonds. The predicted molar refractivity (Wildman–Crippen MR) is 209 cm³/mol. The summed E-state index contributed by atoms with van der Waals surface area (Å²) in [4.78, 5) is 2.21. The Hall–Kier alpha value is -0.680. The molecule has 49 heavy (non-hydrogen) atoms. The minimum Gasteiger partial charge on any atom is -0.380 e. The smallest absolute Gasteiger partial charge is 0.0648 e. The Balaban J connectivity index is 1.08. The van der Waals surface area contributed by atoms with Crippen LogP contribution < -0.4 is 0 Å². The second-order valence-electron chi connectivity index (χ2n) is 18.3. The van der Waals surface area contributed by atoms with Crippen molar-refractivity contribution in [2.45, 2.75) is 169 Å². The molecule has 4 unspecified atom stereocenters. The number of fused-ring (bicyclic) bond motifs is 5. The van der Waals surface area contributed by atoms with Crippen LogP contribution in [0.25, 0.3) is 0 Å². The van der Waals surface area contributed by atoms with E-state index in [1.165, 1.54) is 103 Å². The van der Waals surface area contributed by atoms with Crippen LogP contribution in [0.5, 0.6) is 0 Å². The van der Waals surface area contributed by atoms with Crippen LogP contribution in [-0.2, 0) is 14.2 Å². The van der Waals surface area contributed by atoms with E-state index in [0.717, 1.165) is 74.8 Å². The van der Waals surface area contributed by atoms with Crippen molar-refractivity contribution in [3.8, 4) is 0 Å². The van der Waals surface area contributed by atoms with Gasteiger partial charge in [-0.15, -0.1) is 0 Å². The number of ether oxygens (including phenoxy) is 3. The van der Waals surface area contributed by atoms with Crippen molar-refractivity contribution in [2.24, 2.45) is 46.3 Å². The zero-order chi connectivity index (χ0) is 35.3. The summed E-state index contributed by atoms with van der Waals surface area (Å²) in [6.45, 7) is 18.9. The van der Waals surface area contributed by atoms with Gasteiger partial charge in [-0.05, 0) is 131 Å². The van der Waals surface area contributed by atoms with Crippen molar-refractivity contribution >= 4 is 0 Å². The first kappa shape index (κ1) is 41.1. The van der Waals surface area contributed by atoms with Crippen molar-refractivity contribution in [3.63, 3.8) is 0 Å². The Labute approximate surface area is 304 Å². The highest BCUT2D eigenvalue weighted by molar-refractivity contribution is 5.25. The molecule has 0 heterocycles. The van der Waals surface area contributed by atoms with Gasteiger partial charge >= 0.3 is 0 Å². The first-order chi connectivity index (χ1) is 23.6. The summed E-state index contributed by atoms with van der Waals surface area (Å²) in [5.74, 6) is 5.50. The Morgan fingerprint density at radius 2 is 1.55 bits per heavy atom. The van der Waals surface area contributed by atoms with Gasteiger partial charge in [0.05, 0.1) is 32.0 Å². The average Bonchev–Trinajstić information content (AvgIpc) is 3.43. The van der Waals surface area contributed by atoms with E-state index in [2.05, 4.69) is 78.8 Å². The van der Waals surface area contributed by atoms with Crippen LogP contribution in [0.1, 0.15) is 157 Å². The SMILES string of the molecule is CC/C=C\COC[C@@H](COCCCCCCCCOC1CCC2(C)C(=CCC3[C@@H]2CCC2(C)[C@@H]([C@H](C)CCCC(C)C)CC[C@@H]32)C1)N(C)C. The molecular formula is C45H81NO3. The van der Waals surface area contributed by atoms with E-state index in [1.807, 2.05) is 0 Å². The van der Waals surface area contributed by atoms with Gasteiger partial charge in [-0.3, -0.25) is 0 Å². The highest BCUT2D eigenvalue weighted by atomic mass is 16.5. The maximum Gasteiger partial charge on any atom is 0.0648 e. The topological polar surface area (TPSA) is 30.9 Å². The molecule has 0 aliphatic heterocycles. The summed E-state index contributed by atoms with van der Waals surface area (Å²) in [5.41, 5.74) is 2.80. The van der Waals surface area contributed by atoms with Gasteiger partial charge in [-0.25, -0.2) is 0 Å². The number of unbranched alkanes of at least 4 members (excludes halogenated alkanes) is 5. The highest BCUT2D eigenvalue weighted by Crippen LogP contribution is 2.67.